The summed E-state index contributed by atoms with van der Waals surface area (Å²) in [5.41, 5.74) is 1.84. The minimum atomic E-state index is 0.527. The largest absolute Gasteiger partial charge is 0.388 e. The number of hydrogen-bond donors (Lipinski definition) is 2. The van der Waals surface area contributed by atoms with Gasteiger partial charge in [-0.15, -0.1) is 0 Å². The van der Waals surface area contributed by atoms with Crippen LogP contribution in [0.5, 0.6) is 0 Å². The van der Waals surface area contributed by atoms with Crippen LogP contribution >= 0.6 is 0 Å². The summed E-state index contributed by atoms with van der Waals surface area (Å²) >= 11 is 0. The highest BCUT2D eigenvalue weighted by Gasteiger charge is 2.45. The van der Waals surface area contributed by atoms with E-state index < -0.39 is 0 Å². The summed E-state index contributed by atoms with van der Waals surface area (Å²) in [5, 5.41) is 7.16. The fourth-order valence-electron chi connectivity index (χ4n) is 2.24. The molecule has 0 radical (unpaired) electrons. The van der Waals surface area contributed by atoms with E-state index in [2.05, 4.69) is 42.8 Å². The van der Waals surface area contributed by atoms with Crippen molar-refractivity contribution in [2.45, 2.75) is 51.1 Å². The molecule has 1 aliphatic carbocycles. The van der Waals surface area contributed by atoms with Gasteiger partial charge < -0.3 is 10.6 Å². The van der Waals surface area contributed by atoms with E-state index in [1.165, 1.54) is 37.8 Å². The van der Waals surface area contributed by atoms with Gasteiger partial charge in [-0.25, -0.2) is 0 Å². The third-order valence-electron chi connectivity index (χ3n) is 3.62. The Morgan fingerprint density at radius 3 is 2.93 bits per heavy atom. The second-order valence-corrected chi connectivity index (χ2v) is 4.93. The molecule has 84 valence electrons. The Balaban J connectivity index is 1.77. The van der Waals surface area contributed by atoms with Crippen molar-refractivity contribution in [3.05, 3.63) is 23.9 Å². The van der Waals surface area contributed by atoms with Crippen LogP contribution in [0.15, 0.2) is 23.9 Å². The van der Waals surface area contributed by atoms with Gasteiger partial charge in [0.05, 0.1) is 0 Å². The first kappa shape index (κ1) is 10.7. The van der Waals surface area contributed by atoms with Crippen LogP contribution in [-0.2, 0) is 0 Å². The summed E-state index contributed by atoms with van der Waals surface area (Å²) in [6.07, 6.45) is 11.7. The minimum Gasteiger partial charge on any atom is -0.388 e. The Labute approximate surface area is 92.8 Å². The Morgan fingerprint density at radius 2 is 2.27 bits per heavy atom. The van der Waals surface area contributed by atoms with E-state index in [0.29, 0.717) is 11.6 Å². The van der Waals surface area contributed by atoms with Gasteiger partial charge in [-0.05, 0) is 58.4 Å². The summed E-state index contributed by atoms with van der Waals surface area (Å²) in [6.45, 7) is 5.38. The van der Waals surface area contributed by atoms with Crippen LogP contribution in [-0.4, -0.2) is 18.1 Å². The molecule has 15 heavy (non-hydrogen) atoms. The van der Waals surface area contributed by atoms with Crippen LogP contribution in [0.25, 0.3) is 0 Å². The third-order valence-corrected chi connectivity index (χ3v) is 3.62. The van der Waals surface area contributed by atoms with Crippen molar-refractivity contribution >= 4 is 0 Å². The van der Waals surface area contributed by atoms with Crippen LogP contribution in [0, 0.1) is 0 Å². The van der Waals surface area contributed by atoms with Crippen LogP contribution in [0.3, 0.4) is 0 Å². The summed E-state index contributed by atoms with van der Waals surface area (Å²) in [4.78, 5) is 0. The second kappa shape index (κ2) is 4.40. The molecule has 1 atom stereocenters. The normalized spacial score (nSPS) is 29.7. The smallest absolute Gasteiger partial charge is 0.0285 e. The van der Waals surface area contributed by atoms with Gasteiger partial charge in [0.2, 0.25) is 0 Å². The Bertz CT molecular complexity index is 274. The molecule has 1 heterocycles. The molecule has 2 heteroatoms. The zero-order chi connectivity index (χ0) is 10.7. The van der Waals surface area contributed by atoms with Crippen molar-refractivity contribution < 1.29 is 0 Å². The zero-order valence-electron chi connectivity index (χ0n) is 9.84. The van der Waals surface area contributed by atoms with Gasteiger partial charge in [0.1, 0.15) is 0 Å². The average Bonchev–Trinajstić information content (AvgIpc) is 2.97. The number of nitrogens with one attached hydrogen (secondary N) is 2. The van der Waals surface area contributed by atoms with E-state index in [9.17, 15) is 0 Å². The molecule has 0 amide bonds. The van der Waals surface area contributed by atoms with Crippen molar-refractivity contribution in [2.24, 2.45) is 0 Å². The number of allylic oxidation sites excluding steroid dienone is 3. The topological polar surface area (TPSA) is 24.1 Å². The number of rotatable bonds is 3. The van der Waals surface area contributed by atoms with Crippen molar-refractivity contribution in [2.75, 3.05) is 6.54 Å². The molecule has 1 saturated carbocycles. The van der Waals surface area contributed by atoms with E-state index >= 15 is 0 Å². The van der Waals surface area contributed by atoms with E-state index in [4.69, 9.17) is 0 Å². The van der Waals surface area contributed by atoms with Gasteiger partial charge in [-0.2, -0.15) is 0 Å². The Kier molecular flexibility index (Phi) is 3.15. The van der Waals surface area contributed by atoms with Gasteiger partial charge >= 0.3 is 0 Å². The molecule has 0 bridgehead atoms. The van der Waals surface area contributed by atoms with E-state index in [1.807, 2.05) is 0 Å². The maximum Gasteiger partial charge on any atom is 0.0285 e. The highest BCUT2D eigenvalue weighted by Crippen LogP contribution is 2.41. The van der Waals surface area contributed by atoms with Crippen LogP contribution in [0.4, 0.5) is 0 Å². The maximum atomic E-state index is 3.63. The summed E-state index contributed by atoms with van der Waals surface area (Å²) in [7, 11) is 0. The monoisotopic (exact) mass is 206 g/mol. The molecule has 2 fully saturated rings. The number of piperidine rings is 1. The van der Waals surface area contributed by atoms with Crippen LogP contribution in [0.1, 0.15) is 39.5 Å². The lowest BCUT2D eigenvalue weighted by Crippen LogP contribution is -2.46. The maximum absolute atomic E-state index is 3.63. The van der Waals surface area contributed by atoms with Gasteiger partial charge in [0, 0.05) is 11.6 Å². The first-order chi connectivity index (χ1) is 7.24. The van der Waals surface area contributed by atoms with E-state index in [1.54, 1.807) is 0 Å². The fraction of sp³-hybridized carbons (Fsp3) is 0.692. The molecule has 0 aromatic rings. The highest BCUT2D eigenvalue weighted by atomic mass is 15.1. The predicted octanol–water partition coefficient (Wildman–Crippen LogP) is 2.34. The lowest BCUT2D eigenvalue weighted by atomic mass is 9.98. The van der Waals surface area contributed by atoms with Gasteiger partial charge in [0.25, 0.3) is 0 Å². The Hall–Kier alpha value is -0.760. The second-order valence-electron chi connectivity index (χ2n) is 4.93. The molecule has 2 nitrogen and oxygen atoms in total. The fourth-order valence-corrected chi connectivity index (χ4v) is 2.24. The average molecular weight is 206 g/mol. The lowest BCUT2D eigenvalue weighted by molar-refractivity contribution is 0.323. The van der Waals surface area contributed by atoms with Gasteiger partial charge in [-0.3, -0.25) is 0 Å². The zero-order valence-corrected chi connectivity index (χ0v) is 9.84. The minimum absolute atomic E-state index is 0.527. The SMILES string of the molecule is C/C=C(C)/C=C\N[C@H]1CCNC2(CC2)C1. The standard InChI is InChI=1S/C13H22N2/c1-3-11(2)4-8-14-12-5-9-15-13(10-12)6-7-13/h3-4,8,12,14-15H,5-7,9-10H2,1-2H3/b8-4-,11-3+/t12-/m0/s1. The number of hydrogen-bond acceptors (Lipinski definition) is 2. The molecular formula is C13H22N2. The molecule has 0 aromatic heterocycles. The molecule has 1 spiro atoms. The first-order valence-corrected chi connectivity index (χ1v) is 6.05. The molecule has 1 aliphatic heterocycles. The quantitative estimate of drug-likeness (QED) is 0.693. The summed E-state index contributed by atoms with van der Waals surface area (Å²) in [6, 6.07) is 0.676. The molecule has 2 rings (SSSR count). The molecule has 2 N–H and O–H groups in total. The molecule has 0 unspecified atom stereocenters. The molecular weight excluding hydrogens is 184 g/mol. The first-order valence-electron chi connectivity index (χ1n) is 6.05. The Morgan fingerprint density at radius 1 is 1.47 bits per heavy atom. The highest BCUT2D eigenvalue weighted by molar-refractivity contribution is 5.15. The van der Waals surface area contributed by atoms with Crippen molar-refractivity contribution in [1.82, 2.24) is 10.6 Å². The van der Waals surface area contributed by atoms with E-state index in [-0.39, 0.29) is 0 Å². The third kappa shape index (κ3) is 2.85. The molecule has 2 aliphatic rings. The van der Waals surface area contributed by atoms with E-state index in [0.717, 1.165) is 0 Å². The predicted molar refractivity (Wildman–Crippen MR) is 64.7 cm³/mol. The summed E-state index contributed by atoms with van der Waals surface area (Å²) in [5.74, 6) is 0. The van der Waals surface area contributed by atoms with Crippen LogP contribution in [0.2, 0.25) is 0 Å². The van der Waals surface area contributed by atoms with Crippen molar-refractivity contribution in [1.29, 1.82) is 0 Å². The molecule has 1 saturated heterocycles. The molecule has 0 aromatic carbocycles. The summed E-state index contributed by atoms with van der Waals surface area (Å²) < 4.78 is 0. The lowest BCUT2D eigenvalue weighted by Gasteiger charge is -2.30. The van der Waals surface area contributed by atoms with Crippen molar-refractivity contribution in [3.8, 4) is 0 Å². The van der Waals surface area contributed by atoms with Gasteiger partial charge in [0.15, 0.2) is 0 Å². The van der Waals surface area contributed by atoms with Gasteiger partial charge in [-0.1, -0.05) is 11.6 Å². The van der Waals surface area contributed by atoms with Crippen LogP contribution < -0.4 is 10.6 Å². The van der Waals surface area contributed by atoms with Crippen molar-refractivity contribution in [3.63, 3.8) is 0 Å².